The Kier molecular flexibility index (Phi) is 4.71. The summed E-state index contributed by atoms with van der Waals surface area (Å²) in [5.74, 6) is -0.420. The normalized spacial score (nSPS) is 9.53. The van der Waals surface area contributed by atoms with E-state index < -0.39 is 5.97 Å². The highest BCUT2D eigenvalue weighted by molar-refractivity contribution is 7.14. The number of hydrogen-bond acceptors (Lipinski definition) is 4. The topological polar surface area (TPSA) is 67.4 Å². The van der Waals surface area contributed by atoms with Gasteiger partial charge in [0, 0.05) is 11.9 Å². The van der Waals surface area contributed by atoms with Gasteiger partial charge < -0.3 is 10.1 Å². The number of esters is 1. The number of ether oxygens (including phenoxy) is 1. The molecule has 1 rings (SSSR count). The Morgan fingerprint density at radius 2 is 2.24 bits per heavy atom. The van der Waals surface area contributed by atoms with E-state index in [1.807, 2.05) is 6.92 Å². The van der Waals surface area contributed by atoms with Crippen molar-refractivity contribution in [1.29, 1.82) is 0 Å². The Labute approximate surface area is 103 Å². The number of thiophene rings is 1. The first kappa shape index (κ1) is 13.2. The predicted molar refractivity (Wildman–Crippen MR) is 67.5 cm³/mol. The molecule has 0 saturated heterocycles. The maximum Gasteiger partial charge on any atom is 0.338 e. The van der Waals surface area contributed by atoms with Crippen molar-refractivity contribution in [2.45, 2.75) is 6.92 Å². The third-order valence-electron chi connectivity index (χ3n) is 1.81. The van der Waals surface area contributed by atoms with Crippen molar-refractivity contribution in [3.05, 3.63) is 29.2 Å². The number of rotatable bonds is 4. The second-order valence-corrected chi connectivity index (χ2v) is 4.37. The van der Waals surface area contributed by atoms with Gasteiger partial charge in [-0.05, 0) is 13.0 Å². The van der Waals surface area contributed by atoms with Crippen molar-refractivity contribution >= 4 is 28.3 Å². The second kappa shape index (κ2) is 6.05. The number of methoxy groups -OCH3 is 1. The van der Waals surface area contributed by atoms with E-state index in [2.05, 4.69) is 21.9 Å². The lowest BCUT2D eigenvalue weighted by Gasteiger charge is -2.04. The molecule has 5 nitrogen and oxygen atoms in total. The molecule has 6 heteroatoms. The van der Waals surface area contributed by atoms with Crippen molar-refractivity contribution in [2.24, 2.45) is 0 Å². The van der Waals surface area contributed by atoms with Crippen molar-refractivity contribution in [2.75, 3.05) is 19.0 Å². The molecule has 0 radical (unpaired) electrons. The molecule has 1 aromatic heterocycles. The molecule has 0 bridgehead atoms. The Morgan fingerprint density at radius 3 is 2.82 bits per heavy atom. The minimum atomic E-state index is -0.420. The van der Waals surface area contributed by atoms with Gasteiger partial charge in [0.15, 0.2) is 0 Å². The third-order valence-corrected chi connectivity index (χ3v) is 2.65. The lowest BCUT2D eigenvalue weighted by Crippen LogP contribution is -2.29. The summed E-state index contributed by atoms with van der Waals surface area (Å²) in [6.45, 7) is 5.91. The van der Waals surface area contributed by atoms with Crippen LogP contribution in [0.15, 0.2) is 23.6 Å². The molecule has 0 fully saturated rings. The minimum Gasteiger partial charge on any atom is -0.465 e. The maximum absolute atomic E-state index is 11.4. The van der Waals surface area contributed by atoms with Crippen LogP contribution in [0.25, 0.3) is 0 Å². The first-order valence-electron chi connectivity index (χ1n) is 4.89. The molecule has 0 unspecified atom stereocenters. The number of amides is 2. The van der Waals surface area contributed by atoms with E-state index in [1.54, 1.807) is 11.4 Å². The average Bonchev–Trinajstić information content (AvgIpc) is 2.73. The van der Waals surface area contributed by atoms with Gasteiger partial charge in [0.2, 0.25) is 0 Å². The Bertz CT molecular complexity index is 440. The predicted octanol–water partition coefficient (Wildman–Crippen LogP) is 2.23. The lowest BCUT2D eigenvalue weighted by atomic mass is 10.3. The van der Waals surface area contributed by atoms with Crippen LogP contribution in [-0.2, 0) is 4.74 Å². The number of urea groups is 1. The van der Waals surface area contributed by atoms with Gasteiger partial charge in [-0.25, -0.2) is 9.59 Å². The summed E-state index contributed by atoms with van der Waals surface area (Å²) in [5, 5.41) is 7.45. The molecule has 0 aliphatic carbocycles. The zero-order chi connectivity index (χ0) is 12.8. The molecule has 17 heavy (non-hydrogen) atoms. The van der Waals surface area contributed by atoms with Crippen LogP contribution in [0, 0.1) is 0 Å². The fourth-order valence-electron chi connectivity index (χ4n) is 1.01. The zero-order valence-corrected chi connectivity index (χ0v) is 10.5. The first-order valence-corrected chi connectivity index (χ1v) is 5.77. The van der Waals surface area contributed by atoms with Crippen LogP contribution >= 0.6 is 11.3 Å². The average molecular weight is 254 g/mol. The summed E-state index contributed by atoms with van der Waals surface area (Å²) >= 11 is 1.26. The van der Waals surface area contributed by atoms with E-state index in [9.17, 15) is 9.59 Å². The molecule has 92 valence electrons. The van der Waals surface area contributed by atoms with Gasteiger partial charge in [-0.3, -0.25) is 5.32 Å². The molecule has 0 aliphatic rings. The molecule has 2 amide bonds. The molecule has 0 saturated carbocycles. The number of nitrogens with one attached hydrogen (secondary N) is 2. The largest absolute Gasteiger partial charge is 0.465 e. The number of anilines is 1. The number of carbonyl (C=O) groups is 2. The van der Waals surface area contributed by atoms with Crippen molar-refractivity contribution in [3.8, 4) is 0 Å². The fraction of sp³-hybridized carbons (Fsp3) is 0.273. The molecular formula is C11H14N2O3S. The maximum atomic E-state index is 11.4. The molecule has 0 atom stereocenters. The molecule has 0 aromatic carbocycles. The Balaban J connectivity index is 2.51. The Hall–Kier alpha value is -1.82. The fourth-order valence-corrected chi connectivity index (χ4v) is 1.78. The van der Waals surface area contributed by atoms with Crippen LogP contribution < -0.4 is 10.6 Å². The highest BCUT2D eigenvalue weighted by Gasteiger charge is 2.09. The van der Waals surface area contributed by atoms with Crippen LogP contribution in [0.2, 0.25) is 0 Å². The van der Waals surface area contributed by atoms with Gasteiger partial charge in [-0.2, -0.15) is 0 Å². The smallest absolute Gasteiger partial charge is 0.338 e. The summed E-state index contributed by atoms with van der Waals surface area (Å²) in [5.41, 5.74) is 1.29. The van der Waals surface area contributed by atoms with E-state index >= 15 is 0 Å². The molecule has 0 aliphatic heterocycles. The SMILES string of the molecule is C=C(C)CNC(=O)Nc1cc(C(=O)OC)cs1. The van der Waals surface area contributed by atoms with Gasteiger partial charge in [0.25, 0.3) is 0 Å². The molecule has 1 heterocycles. The first-order chi connectivity index (χ1) is 8.02. The van der Waals surface area contributed by atoms with Crippen molar-refractivity contribution < 1.29 is 14.3 Å². The van der Waals surface area contributed by atoms with E-state index in [1.165, 1.54) is 18.4 Å². The van der Waals surface area contributed by atoms with Crippen molar-refractivity contribution in [3.63, 3.8) is 0 Å². The van der Waals surface area contributed by atoms with Crippen LogP contribution in [0.4, 0.5) is 9.80 Å². The molecule has 0 spiro atoms. The Morgan fingerprint density at radius 1 is 1.53 bits per heavy atom. The molecular weight excluding hydrogens is 240 g/mol. The quantitative estimate of drug-likeness (QED) is 0.639. The van der Waals surface area contributed by atoms with Gasteiger partial charge >= 0.3 is 12.0 Å². The van der Waals surface area contributed by atoms with Gasteiger partial charge in [-0.1, -0.05) is 12.2 Å². The van der Waals surface area contributed by atoms with Gasteiger partial charge in [-0.15, -0.1) is 11.3 Å². The van der Waals surface area contributed by atoms with E-state index in [0.717, 1.165) is 5.57 Å². The van der Waals surface area contributed by atoms with Crippen molar-refractivity contribution in [1.82, 2.24) is 5.32 Å². The van der Waals surface area contributed by atoms with E-state index in [0.29, 0.717) is 17.1 Å². The molecule has 2 N–H and O–H groups in total. The highest BCUT2D eigenvalue weighted by Crippen LogP contribution is 2.20. The minimum absolute atomic E-state index is 0.328. The van der Waals surface area contributed by atoms with Crippen LogP contribution in [0.1, 0.15) is 17.3 Å². The monoisotopic (exact) mass is 254 g/mol. The summed E-state index contributed by atoms with van der Waals surface area (Å²) in [6.07, 6.45) is 0. The van der Waals surface area contributed by atoms with E-state index in [4.69, 9.17) is 0 Å². The van der Waals surface area contributed by atoms with Crippen LogP contribution in [-0.4, -0.2) is 25.7 Å². The van der Waals surface area contributed by atoms with E-state index in [-0.39, 0.29) is 6.03 Å². The van der Waals surface area contributed by atoms with Crippen LogP contribution in [0.5, 0.6) is 0 Å². The second-order valence-electron chi connectivity index (χ2n) is 3.46. The zero-order valence-electron chi connectivity index (χ0n) is 9.70. The highest BCUT2D eigenvalue weighted by atomic mass is 32.1. The molecule has 1 aromatic rings. The van der Waals surface area contributed by atoms with Gasteiger partial charge in [0.05, 0.1) is 17.7 Å². The summed E-state index contributed by atoms with van der Waals surface area (Å²) < 4.78 is 4.56. The summed E-state index contributed by atoms with van der Waals surface area (Å²) in [4.78, 5) is 22.6. The third kappa shape index (κ3) is 4.28. The lowest BCUT2D eigenvalue weighted by molar-refractivity contribution is 0.0601. The summed E-state index contributed by atoms with van der Waals surface area (Å²) in [7, 11) is 1.31. The van der Waals surface area contributed by atoms with Crippen LogP contribution in [0.3, 0.4) is 0 Å². The number of carbonyl (C=O) groups excluding carboxylic acids is 2. The number of hydrogen-bond donors (Lipinski definition) is 2. The standard InChI is InChI=1S/C11H14N2O3S/c1-7(2)5-12-11(15)13-9-4-8(6-17-9)10(14)16-3/h4,6H,1,5H2,2-3H3,(H2,12,13,15). The van der Waals surface area contributed by atoms with Gasteiger partial charge in [0.1, 0.15) is 0 Å². The summed E-state index contributed by atoms with van der Waals surface area (Å²) in [6, 6.07) is 1.24.